The maximum Gasteiger partial charge on any atom is 0.265 e. The van der Waals surface area contributed by atoms with E-state index in [0.29, 0.717) is 12.2 Å². The van der Waals surface area contributed by atoms with E-state index < -0.39 is 0 Å². The average molecular weight is 385 g/mol. The van der Waals surface area contributed by atoms with Gasteiger partial charge in [0.05, 0.1) is 11.3 Å². The summed E-state index contributed by atoms with van der Waals surface area (Å²) in [6.45, 7) is 5.66. The van der Waals surface area contributed by atoms with Gasteiger partial charge in [-0.25, -0.2) is 0 Å². The standard InChI is InChI=1S/C23H21N5O/c24-14-19(15-25)22-20-8-4-5-9-21(20)28(23(22)29)17-27-12-10-26(11-13-27)16-18-6-2-1-3-7-18/h1-9H,10-13,16-17H2/p+2. The molecular formula is C23H23N5O+2. The van der Waals surface area contributed by atoms with Gasteiger partial charge in [-0.2, -0.15) is 10.5 Å². The van der Waals surface area contributed by atoms with Crippen LogP contribution in [-0.4, -0.2) is 38.8 Å². The van der Waals surface area contributed by atoms with E-state index in [-0.39, 0.29) is 17.1 Å². The fraction of sp³-hybridized carbons (Fsp3) is 0.261. The van der Waals surface area contributed by atoms with Crippen molar-refractivity contribution in [2.75, 3.05) is 37.7 Å². The van der Waals surface area contributed by atoms with Crippen molar-refractivity contribution in [2.24, 2.45) is 0 Å². The highest BCUT2D eigenvalue weighted by Crippen LogP contribution is 2.37. The van der Waals surface area contributed by atoms with Gasteiger partial charge in [0.25, 0.3) is 5.91 Å². The zero-order valence-electron chi connectivity index (χ0n) is 16.2. The monoisotopic (exact) mass is 385 g/mol. The molecule has 0 saturated carbocycles. The first kappa shape index (κ1) is 18.9. The van der Waals surface area contributed by atoms with Crippen LogP contribution in [0.3, 0.4) is 0 Å². The number of piperazine rings is 1. The molecule has 29 heavy (non-hydrogen) atoms. The van der Waals surface area contributed by atoms with Gasteiger partial charge in [0.2, 0.25) is 0 Å². The van der Waals surface area contributed by atoms with E-state index in [1.165, 1.54) is 10.5 Å². The summed E-state index contributed by atoms with van der Waals surface area (Å²) in [5, 5.41) is 18.6. The van der Waals surface area contributed by atoms with Crippen molar-refractivity contribution in [1.29, 1.82) is 10.5 Å². The third-order valence-electron chi connectivity index (χ3n) is 5.74. The lowest BCUT2D eigenvalue weighted by molar-refractivity contribution is -1.02. The predicted octanol–water partition coefficient (Wildman–Crippen LogP) is -0.225. The summed E-state index contributed by atoms with van der Waals surface area (Å²) in [5.41, 5.74) is 2.95. The number of benzene rings is 2. The molecule has 2 aromatic rings. The van der Waals surface area contributed by atoms with Crippen molar-refractivity contribution in [2.45, 2.75) is 6.54 Å². The normalized spacial score (nSPS) is 20.7. The lowest BCUT2D eigenvalue weighted by Gasteiger charge is -2.32. The summed E-state index contributed by atoms with van der Waals surface area (Å²) in [6.07, 6.45) is 0. The molecule has 144 valence electrons. The molecule has 6 heteroatoms. The fourth-order valence-corrected chi connectivity index (χ4v) is 4.22. The van der Waals surface area contributed by atoms with Gasteiger partial charge in [-0.05, 0) is 6.07 Å². The van der Waals surface area contributed by atoms with Crippen molar-refractivity contribution in [3.05, 3.63) is 71.3 Å². The highest BCUT2D eigenvalue weighted by molar-refractivity contribution is 6.34. The number of carbonyl (C=O) groups is 1. The molecule has 0 radical (unpaired) electrons. The SMILES string of the molecule is N#CC(C#N)=C1C(=O)N(C[NH+]2CC[NH+](Cc3ccccc3)CC2)c2ccccc21. The first-order chi connectivity index (χ1) is 14.2. The second-order valence-electron chi connectivity index (χ2n) is 7.54. The van der Waals surface area contributed by atoms with Crippen molar-refractivity contribution >= 4 is 17.2 Å². The molecule has 0 aliphatic carbocycles. The molecule has 4 rings (SSSR count). The van der Waals surface area contributed by atoms with Crippen molar-refractivity contribution < 1.29 is 14.6 Å². The quantitative estimate of drug-likeness (QED) is 0.564. The fourth-order valence-electron chi connectivity index (χ4n) is 4.22. The van der Waals surface area contributed by atoms with E-state index in [2.05, 4.69) is 24.3 Å². The van der Waals surface area contributed by atoms with Crippen molar-refractivity contribution in [3.63, 3.8) is 0 Å². The molecule has 0 unspecified atom stereocenters. The Kier molecular flexibility index (Phi) is 5.39. The molecule has 0 aromatic heterocycles. The number of nitrogens with one attached hydrogen (secondary N) is 2. The largest absolute Gasteiger partial charge is 0.322 e. The molecule has 0 spiro atoms. The van der Waals surface area contributed by atoms with Crippen LogP contribution >= 0.6 is 0 Å². The highest BCUT2D eigenvalue weighted by atomic mass is 16.2. The number of hydrogen-bond donors (Lipinski definition) is 2. The number of anilines is 1. The number of carbonyl (C=O) groups excluding carboxylic acids is 1. The molecule has 6 nitrogen and oxygen atoms in total. The predicted molar refractivity (Wildman–Crippen MR) is 108 cm³/mol. The topological polar surface area (TPSA) is 76.8 Å². The molecule has 2 N–H and O–H groups in total. The molecule has 2 aromatic carbocycles. The summed E-state index contributed by atoms with van der Waals surface area (Å²) in [5.74, 6) is -0.240. The van der Waals surface area contributed by atoms with Crippen LogP contribution in [0.4, 0.5) is 5.69 Å². The van der Waals surface area contributed by atoms with Crippen molar-refractivity contribution in [3.8, 4) is 12.1 Å². The molecule has 1 saturated heterocycles. The molecule has 1 fully saturated rings. The van der Waals surface area contributed by atoms with Crippen molar-refractivity contribution in [1.82, 2.24) is 0 Å². The minimum Gasteiger partial charge on any atom is -0.322 e. The first-order valence-corrected chi connectivity index (χ1v) is 9.88. The molecule has 1 amide bonds. The maximum absolute atomic E-state index is 13.0. The minimum absolute atomic E-state index is 0.114. The molecule has 0 bridgehead atoms. The first-order valence-electron chi connectivity index (χ1n) is 9.88. The molecule has 0 atom stereocenters. The number of rotatable bonds is 4. The number of fused-ring (bicyclic) bond motifs is 1. The molecule has 2 aliphatic rings. The Labute approximate surface area is 170 Å². The van der Waals surface area contributed by atoms with E-state index in [9.17, 15) is 15.3 Å². The number of quaternary nitrogens is 2. The second-order valence-corrected chi connectivity index (χ2v) is 7.54. The van der Waals surface area contributed by atoms with Gasteiger partial charge in [0.15, 0.2) is 6.67 Å². The van der Waals surface area contributed by atoms with Crippen LogP contribution in [0.25, 0.3) is 5.57 Å². The number of amides is 1. The van der Waals surface area contributed by atoms with E-state index in [4.69, 9.17) is 0 Å². The van der Waals surface area contributed by atoms with Crippen LogP contribution in [0, 0.1) is 22.7 Å². The van der Waals surface area contributed by atoms with Gasteiger partial charge in [0, 0.05) is 11.1 Å². The lowest BCUT2D eigenvalue weighted by Crippen LogP contribution is -3.28. The van der Waals surface area contributed by atoms with E-state index in [0.717, 1.165) is 38.4 Å². The summed E-state index contributed by atoms with van der Waals surface area (Å²) in [7, 11) is 0. The smallest absolute Gasteiger partial charge is 0.265 e. The molecule has 2 heterocycles. The van der Waals surface area contributed by atoms with Gasteiger partial charge in [0.1, 0.15) is 50.4 Å². The van der Waals surface area contributed by atoms with Crippen LogP contribution in [0.15, 0.2) is 60.2 Å². The Morgan fingerprint density at radius 1 is 0.897 bits per heavy atom. The zero-order chi connectivity index (χ0) is 20.2. The van der Waals surface area contributed by atoms with Crippen LogP contribution in [-0.2, 0) is 11.3 Å². The van der Waals surface area contributed by atoms with Crippen LogP contribution in [0.5, 0.6) is 0 Å². The van der Waals surface area contributed by atoms with E-state index in [1.807, 2.05) is 42.5 Å². The Hall–Kier alpha value is -3.45. The van der Waals surface area contributed by atoms with Crippen LogP contribution < -0.4 is 14.7 Å². The number of nitriles is 2. The summed E-state index contributed by atoms with van der Waals surface area (Å²) in [6, 6.07) is 21.7. The van der Waals surface area contributed by atoms with Gasteiger partial charge in [-0.15, -0.1) is 0 Å². The Balaban J connectivity index is 1.46. The number of para-hydroxylation sites is 1. The molecular weight excluding hydrogens is 362 g/mol. The zero-order valence-corrected chi connectivity index (χ0v) is 16.2. The minimum atomic E-state index is -0.240. The van der Waals surface area contributed by atoms with Crippen LogP contribution in [0.1, 0.15) is 11.1 Å². The summed E-state index contributed by atoms with van der Waals surface area (Å²) >= 11 is 0. The number of hydrogen-bond acceptors (Lipinski definition) is 3. The Bertz CT molecular complexity index is 1010. The molecule has 2 aliphatic heterocycles. The number of nitrogens with zero attached hydrogens (tertiary/aromatic N) is 3. The van der Waals surface area contributed by atoms with Gasteiger partial charge >= 0.3 is 0 Å². The van der Waals surface area contributed by atoms with E-state index >= 15 is 0 Å². The highest BCUT2D eigenvalue weighted by Gasteiger charge is 2.37. The summed E-state index contributed by atoms with van der Waals surface area (Å²) in [4.78, 5) is 17.7. The van der Waals surface area contributed by atoms with Gasteiger partial charge in [-0.1, -0.05) is 48.5 Å². The maximum atomic E-state index is 13.0. The van der Waals surface area contributed by atoms with E-state index in [1.54, 1.807) is 9.80 Å². The second kappa shape index (κ2) is 8.28. The lowest BCUT2D eigenvalue weighted by atomic mass is 10.0. The summed E-state index contributed by atoms with van der Waals surface area (Å²) < 4.78 is 0. The number of allylic oxidation sites excluding steroid dienone is 1. The van der Waals surface area contributed by atoms with Gasteiger partial charge in [-0.3, -0.25) is 9.69 Å². The van der Waals surface area contributed by atoms with Crippen LogP contribution in [0.2, 0.25) is 0 Å². The average Bonchev–Trinajstić information content (AvgIpc) is 3.03. The third kappa shape index (κ3) is 3.77. The Morgan fingerprint density at radius 2 is 1.52 bits per heavy atom. The third-order valence-corrected chi connectivity index (χ3v) is 5.74. The Morgan fingerprint density at radius 3 is 2.21 bits per heavy atom. The van der Waals surface area contributed by atoms with Gasteiger partial charge < -0.3 is 9.80 Å².